The molecule has 6 nitrogen and oxygen atoms in total. The molecular formula is C9H8N4O2. The van der Waals surface area contributed by atoms with Crippen LogP contribution in [0.5, 0.6) is 0 Å². The molecule has 2 aromatic rings. The van der Waals surface area contributed by atoms with Crippen molar-refractivity contribution in [3.05, 3.63) is 36.2 Å². The zero-order chi connectivity index (χ0) is 10.8. The molecule has 0 saturated carbocycles. The van der Waals surface area contributed by atoms with Crippen molar-refractivity contribution in [1.82, 2.24) is 15.0 Å². The highest BCUT2D eigenvalue weighted by Crippen LogP contribution is 2.14. The number of hydrogen-bond donors (Lipinski definition) is 2. The number of rotatable bonds is 2. The molecule has 0 amide bonds. The van der Waals surface area contributed by atoms with E-state index in [1.807, 2.05) is 0 Å². The van der Waals surface area contributed by atoms with E-state index in [4.69, 9.17) is 10.8 Å². The van der Waals surface area contributed by atoms with E-state index in [0.29, 0.717) is 11.4 Å². The number of nitrogens with two attached hydrogens (primary N) is 1. The smallest absolute Gasteiger partial charge is 0.335 e. The van der Waals surface area contributed by atoms with Gasteiger partial charge in [0.05, 0.1) is 23.6 Å². The van der Waals surface area contributed by atoms with Crippen LogP contribution in [0, 0.1) is 0 Å². The fourth-order valence-electron chi connectivity index (χ4n) is 1.24. The third-order valence-corrected chi connectivity index (χ3v) is 1.87. The van der Waals surface area contributed by atoms with E-state index >= 15 is 0 Å². The van der Waals surface area contributed by atoms with Crippen molar-refractivity contribution in [2.24, 2.45) is 0 Å². The van der Waals surface area contributed by atoms with Crippen molar-refractivity contribution in [3.63, 3.8) is 0 Å². The summed E-state index contributed by atoms with van der Waals surface area (Å²) in [7, 11) is 0. The highest BCUT2D eigenvalue weighted by atomic mass is 16.4. The van der Waals surface area contributed by atoms with Crippen LogP contribution in [0.4, 0.5) is 5.69 Å². The fourth-order valence-corrected chi connectivity index (χ4v) is 1.24. The average Bonchev–Trinajstić information content (AvgIpc) is 2.69. The van der Waals surface area contributed by atoms with Gasteiger partial charge in [-0.05, 0) is 18.2 Å². The van der Waals surface area contributed by atoms with Crippen molar-refractivity contribution < 1.29 is 9.90 Å². The van der Waals surface area contributed by atoms with Crippen LogP contribution in [-0.4, -0.2) is 26.1 Å². The average molecular weight is 204 g/mol. The molecule has 0 aliphatic carbocycles. The Morgan fingerprint density at radius 2 is 2.20 bits per heavy atom. The van der Waals surface area contributed by atoms with E-state index in [0.717, 1.165) is 0 Å². The first-order valence-corrected chi connectivity index (χ1v) is 4.17. The van der Waals surface area contributed by atoms with Crippen LogP contribution in [0.1, 0.15) is 10.4 Å². The first-order chi connectivity index (χ1) is 7.16. The minimum Gasteiger partial charge on any atom is -0.478 e. The number of benzene rings is 1. The number of aromatic carboxylic acids is 1. The minimum atomic E-state index is -1.02. The Bertz CT molecular complexity index is 493. The summed E-state index contributed by atoms with van der Waals surface area (Å²) in [4.78, 5) is 10.8. The Hall–Kier alpha value is -2.37. The minimum absolute atomic E-state index is 0.125. The molecule has 0 aliphatic heterocycles. The van der Waals surface area contributed by atoms with E-state index in [-0.39, 0.29) is 5.56 Å². The number of carboxylic acids is 1. The Kier molecular flexibility index (Phi) is 2.09. The molecule has 0 bridgehead atoms. The molecule has 1 heterocycles. The molecule has 0 spiro atoms. The summed E-state index contributed by atoms with van der Waals surface area (Å²) < 4.78 is 1.45. The summed E-state index contributed by atoms with van der Waals surface area (Å²) in [6, 6.07) is 4.50. The van der Waals surface area contributed by atoms with Crippen LogP contribution in [-0.2, 0) is 0 Å². The SMILES string of the molecule is Nc1cc(C(=O)O)cc(-n2ccnn2)c1. The molecule has 1 aromatic carbocycles. The van der Waals surface area contributed by atoms with Crippen LogP contribution in [0.2, 0.25) is 0 Å². The Morgan fingerprint density at radius 1 is 1.40 bits per heavy atom. The molecule has 6 heteroatoms. The normalized spacial score (nSPS) is 10.1. The lowest BCUT2D eigenvalue weighted by Crippen LogP contribution is -2.02. The van der Waals surface area contributed by atoms with Crippen molar-refractivity contribution in [3.8, 4) is 5.69 Å². The molecule has 1 aromatic heterocycles. The Morgan fingerprint density at radius 3 is 2.80 bits per heavy atom. The fraction of sp³-hybridized carbons (Fsp3) is 0. The lowest BCUT2D eigenvalue weighted by molar-refractivity contribution is 0.0697. The van der Waals surface area contributed by atoms with E-state index in [9.17, 15) is 4.79 Å². The van der Waals surface area contributed by atoms with Crippen LogP contribution < -0.4 is 5.73 Å². The molecule has 0 atom stereocenters. The van der Waals surface area contributed by atoms with Gasteiger partial charge < -0.3 is 10.8 Å². The maximum atomic E-state index is 10.8. The number of anilines is 1. The molecule has 2 rings (SSSR count). The van der Waals surface area contributed by atoms with Crippen molar-refractivity contribution in [2.75, 3.05) is 5.73 Å². The number of hydrogen-bond acceptors (Lipinski definition) is 4. The molecule has 76 valence electrons. The second-order valence-electron chi connectivity index (χ2n) is 2.97. The molecule has 0 aliphatic rings. The van der Waals surface area contributed by atoms with Crippen molar-refractivity contribution >= 4 is 11.7 Å². The number of nitrogen functional groups attached to an aromatic ring is 1. The van der Waals surface area contributed by atoms with Crippen LogP contribution in [0.15, 0.2) is 30.6 Å². The highest BCUT2D eigenvalue weighted by Gasteiger charge is 2.07. The van der Waals surface area contributed by atoms with Gasteiger partial charge in [-0.15, -0.1) is 5.10 Å². The summed E-state index contributed by atoms with van der Waals surface area (Å²) in [5.41, 5.74) is 6.65. The molecular weight excluding hydrogens is 196 g/mol. The van der Waals surface area contributed by atoms with Gasteiger partial charge in [0.2, 0.25) is 0 Å². The number of carbonyl (C=O) groups is 1. The largest absolute Gasteiger partial charge is 0.478 e. The van der Waals surface area contributed by atoms with E-state index in [1.165, 1.54) is 23.0 Å². The number of carboxylic acid groups (broad SMARTS) is 1. The Balaban J connectivity index is 2.54. The van der Waals surface area contributed by atoms with Gasteiger partial charge >= 0.3 is 5.97 Å². The first-order valence-electron chi connectivity index (χ1n) is 4.17. The second kappa shape index (κ2) is 3.41. The maximum absolute atomic E-state index is 10.8. The third-order valence-electron chi connectivity index (χ3n) is 1.87. The second-order valence-corrected chi connectivity index (χ2v) is 2.97. The van der Waals surface area contributed by atoms with Gasteiger partial charge in [-0.3, -0.25) is 0 Å². The molecule has 0 unspecified atom stereocenters. The topological polar surface area (TPSA) is 94.0 Å². The summed E-state index contributed by atoms with van der Waals surface area (Å²) in [5, 5.41) is 16.2. The van der Waals surface area contributed by atoms with Crippen LogP contribution >= 0.6 is 0 Å². The highest BCUT2D eigenvalue weighted by molar-refractivity contribution is 5.89. The quantitative estimate of drug-likeness (QED) is 0.696. The monoisotopic (exact) mass is 204 g/mol. The predicted molar refractivity (Wildman–Crippen MR) is 52.7 cm³/mol. The summed E-state index contributed by atoms with van der Waals surface area (Å²) in [5.74, 6) is -1.02. The summed E-state index contributed by atoms with van der Waals surface area (Å²) >= 11 is 0. The predicted octanol–water partition coefficient (Wildman–Crippen LogP) is 0.548. The lowest BCUT2D eigenvalue weighted by atomic mass is 10.2. The van der Waals surface area contributed by atoms with Gasteiger partial charge in [-0.2, -0.15) is 0 Å². The van der Waals surface area contributed by atoms with Crippen molar-refractivity contribution in [2.45, 2.75) is 0 Å². The van der Waals surface area contributed by atoms with Gasteiger partial charge in [0.15, 0.2) is 0 Å². The molecule has 0 fully saturated rings. The van der Waals surface area contributed by atoms with Crippen LogP contribution in [0.3, 0.4) is 0 Å². The van der Waals surface area contributed by atoms with Gasteiger partial charge in [-0.1, -0.05) is 5.21 Å². The zero-order valence-electron chi connectivity index (χ0n) is 7.66. The number of nitrogens with zero attached hydrogens (tertiary/aromatic N) is 3. The summed E-state index contributed by atoms with van der Waals surface area (Å²) in [6.45, 7) is 0. The third kappa shape index (κ3) is 1.78. The Labute approximate surface area is 84.9 Å². The van der Waals surface area contributed by atoms with E-state index in [2.05, 4.69) is 10.3 Å². The van der Waals surface area contributed by atoms with Gasteiger partial charge in [-0.25, -0.2) is 9.48 Å². The zero-order valence-corrected chi connectivity index (χ0v) is 7.66. The summed E-state index contributed by atoms with van der Waals surface area (Å²) in [6.07, 6.45) is 3.12. The lowest BCUT2D eigenvalue weighted by Gasteiger charge is -2.03. The molecule has 0 radical (unpaired) electrons. The van der Waals surface area contributed by atoms with E-state index in [1.54, 1.807) is 12.3 Å². The standard InChI is InChI=1S/C9H8N4O2/c10-7-3-6(9(14)15)4-8(5-7)13-2-1-11-12-13/h1-5H,10H2,(H,14,15). The van der Waals surface area contributed by atoms with Gasteiger partial charge in [0, 0.05) is 5.69 Å². The maximum Gasteiger partial charge on any atom is 0.335 e. The van der Waals surface area contributed by atoms with Crippen LogP contribution in [0.25, 0.3) is 5.69 Å². The van der Waals surface area contributed by atoms with Crippen molar-refractivity contribution in [1.29, 1.82) is 0 Å². The molecule has 3 N–H and O–H groups in total. The van der Waals surface area contributed by atoms with Gasteiger partial charge in [0.1, 0.15) is 0 Å². The molecule has 15 heavy (non-hydrogen) atoms. The first kappa shape index (κ1) is 9.20. The number of aromatic nitrogens is 3. The van der Waals surface area contributed by atoms with Gasteiger partial charge in [0.25, 0.3) is 0 Å². The molecule has 0 saturated heterocycles. The van der Waals surface area contributed by atoms with E-state index < -0.39 is 5.97 Å².